The van der Waals surface area contributed by atoms with Crippen molar-refractivity contribution in [3.05, 3.63) is 93.6 Å². The van der Waals surface area contributed by atoms with Crippen molar-refractivity contribution in [1.82, 2.24) is 0 Å². The molecule has 0 bridgehead atoms. The number of likely N-dealkylation sites (N-methyl/N-ethyl adjacent to an activating group) is 2. The molecule has 4 aromatic carbocycles. The SMILES string of the molecule is COc1cc2c(cc1OC)C(c1cc(OC)c(OC)c(OC)c1)[N+](C)(CCCOC(=O)/C=C\C(=O)OCCC[N+]1(C)CCc3cc(C)c(OC)c(OC)c3C1Cc1cc(OC)c(OC)c(OC)c1)CC2. The molecule has 2 heterocycles. The Bertz CT molecular complexity index is 2470. The summed E-state index contributed by atoms with van der Waals surface area (Å²) in [4.78, 5) is 25.9. The largest absolute Gasteiger partial charge is 0.493 e. The van der Waals surface area contributed by atoms with Crippen molar-refractivity contribution in [2.75, 3.05) is 125 Å². The lowest BCUT2D eigenvalue weighted by Gasteiger charge is -2.46. The smallest absolute Gasteiger partial charge is 0.331 e. The first-order valence-electron chi connectivity index (χ1n) is 23.5. The van der Waals surface area contributed by atoms with Crippen LogP contribution in [0.25, 0.3) is 0 Å². The van der Waals surface area contributed by atoms with Crippen LogP contribution in [-0.2, 0) is 38.3 Å². The molecule has 0 amide bonds. The Hall–Kier alpha value is -6.52. The molecule has 380 valence electrons. The Labute approximate surface area is 412 Å². The first kappa shape index (κ1) is 52.8. The lowest BCUT2D eigenvalue weighted by molar-refractivity contribution is -0.941. The zero-order chi connectivity index (χ0) is 50.8. The molecule has 0 fully saturated rings. The molecule has 2 aliphatic heterocycles. The van der Waals surface area contributed by atoms with Gasteiger partial charge in [-0.25, -0.2) is 9.59 Å². The Morgan fingerprint density at radius 2 is 0.986 bits per heavy atom. The Morgan fingerprint density at radius 1 is 0.529 bits per heavy atom. The van der Waals surface area contributed by atoms with Crippen LogP contribution in [0.1, 0.15) is 63.9 Å². The Morgan fingerprint density at radius 3 is 1.49 bits per heavy atom. The van der Waals surface area contributed by atoms with Crippen LogP contribution in [-0.4, -0.2) is 145 Å². The highest BCUT2D eigenvalue weighted by molar-refractivity contribution is 5.91. The third-order valence-electron chi connectivity index (χ3n) is 14.0. The fourth-order valence-electron chi connectivity index (χ4n) is 10.5. The molecule has 4 atom stereocenters. The van der Waals surface area contributed by atoms with Gasteiger partial charge in [-0.1, -0.05) is 6.07 Å². The van der Waals surface area contributed by atoms with Crippen LogP contribution in [0.2, 0.25) is 0 Å². The van der Waals surface area contributed by atoms with E-state index in [4.69, 9.17) is 56.8 Å². The number of hydrogen-bond donors (Lipinski definition) is 0. The lowest BCUT2D eigenvalue weighted by atomic mass is 9.84. The van der Waals surface area contributed by atoms with Crippen LogP contribution >= 0.6 is 0 Å². The molecule has 16 nitrogen and oxygen atoms in total. The minimum atomic E-state index is -0.624. The Balaban J connectivity index is 1.09. The number of carbonyl (C=O) groups excluding carboxylic acids is 2. The molecule has 0 spiro atoms. The molecule has 4 unspecified atom stereocenters. The van der Waals surface area contributed by atoms with Crippen molar-refractivity contribution >= 4 is 11.9 Å². The van der Waals surface area contributed by atoms with E-state index in [9.17, 15) is 9.59 Å². The first-order chi connectivity index (χ1) is 33.7. The number of benzene rings is 4. The molecular formula is C54H72N2O14+2. The van der Waals surface area contributed by atoms with Crippen LogP contribution in [0.3, 0.4) is 0 Å². The van der Waals surface area contributed by atoms with Crippen molar-refractivity contribution in [3.63, 3.8) is 0 Å². The number of aryl methyl sites for hydroxylation is 1. The summed E-state index contributed by atoms with van der Waals surface area (Å²) in [5.41, 5.74) is 7.50. The van der Waals surface area contributed by atoms with Crippen LogP contribution in [0, 0.1) is 6.92 Å². The van der Waals surface area contributed by atoms with Gasteiger partial charge in [0.25, 0.3) is 0 Å². The molecule has 6 rings (SSSR count). The molecule has 2 aliphatic rings. The number of quaternary nitrogens is 2. The molecular weight excluding hydrogens is 901 g/mol. The molecule has 0 saturated heterocycles. The van der Waals surface area contributed by atoms with E-state index in [0.29, 0.717) is 93.1 Å². The standard InChI is InChI=1S/C54H72N2O14/c1-34-26-37-19-22-55(2,40(49(37)54(68-13)51(34)65-10)27-35-28-43(61-6)52(66-11)44(29-35)62-7)20-14-24-69-47(57)16-17-48(58)70-25-15-21-56(3)23-18-36-30-41(59-4)42(60-5)33-39(36)50(56)38-31-45(63-8)53(67-12)46(32-38)64-9/h16-17,26,28-33,40,50H,14-15,18-25,27H2,1-13H3/q+2/b17-16-. The fourth-order valence-corrected chi connectivity index (χ4v) is 10.5. The zero-order valence-electron chi connectivity index (χ0n) is 43.2. The normalized spacial score (nSPS) is 19.3. The minimum Gasteiger partial charge on any atom is -0.493 e. The number of nitrogens with zero attached hydrogens (tertiary/aromatic N) is 2. The van der Waals surface area contributed by atoms with Gasteiger partial charge in [-0.2, -0.15) is 0 Å². The highest BCUT2D eigenvalue weighted by Gasteiger charge is 2.44. The van der Waals surface area contributed by atoms with Crippen molar-refractivity contribution < 1.29 is 75.4 Å². The number of ether oxygens (including phenoxy) is 12. The van der Waals surface area contributed by atoms with Gasteiger partial charge in [0, 0.05) is 55.4 Å². The number of esters is 2. The summed E-state index contributed by atoms with van der Waals surface area (Å²) in [5, 5.41) is 0. The maximum Gasteiger partial charge on any atom is 0.331 e. The molecule has 4 aromatic rings. The molecule has 70 heavy (non-hydrogen) atoms. The monoisotopic (exact) mass is 972 g/mol. The average Bonchev–Trinajstić information content (AvgIpc) is 3.37. The summed E-state index contributed by atoms with van der Waals surface area (Å²) in [6.45, 7) is 5.35. The lowest BCUT2D eigenvalue weighted by Crippen LogP contribution is -2.53. The van der Waals surface area contributed by atoms with E-state index >= 15 is 0 Å². The van der Waals surface area contributed by atoms with Crippen LogP contribution in [0.4, 0.5) is 0 Å². The summed E-state index contributed by atoms with van der Waals surface area (Å²) in [7, 11) is 20.6. The highest BCUT2D eigenvalue weighted by atomic mass is 16.6. The predicted molar refractivity (Wildman–Crippen MR) is 264 cm³/mol. The van der Waals surface area contributed by atoms with E-state index in [1.807, 2.05) is 43.3 Å². The van der Waals surface area contributed by atoms with Gasteiger partial charge in [0.1, 0.15) is 12.1 Å². The topological polar surface area (TPSA) is 145 Å². The van der Waals surface area contributed by atoms with Gasteiger partial charge < -0.3 is 65.8 Å². The number of fused-ring (bicyclic) bond motifs is 2. The van der Waals surface area contributed by atoms with Crippen molar-refractivity contribution in [2.24, 2.45) is 0 Å². The number of carbonyl (C=O) groups is 2. The van der Waals surface area contributed by atoms with Crippen molar-refractivity contribution in [2.45, 2.75) is 51.1 Å². The van der Waals surface area contributed by atoms with Crippen molar-refractivity contribution in [1.29, 1.82) is 0 Å². The molecule has 0 radical (unpaired) electrons. The van der Waals surface area contributed by atoms with E-state index in [2.05, 4.69) is 20.2 Å². The highest BCUT2D eigenvalue weighted by Crippen LogP contribution is 2.50. The van der Waals surface area contributed by atoms with E-state index in [0.717, 1.165) is 77.2 Å². The maximum absolute atomic E-state index is 12.9. The van der Waals surface area contributed by atoms with Gasteiger partial charge in [-0.3, -0.25) is 0 Å². The third kappa shape index (κ3) is 11.1. The van der Waals surface area contributed by atoms with Gasteiger partial charge in [0.2, 0.25) is 11.5 Å². The van der Waals surface area contributed by atoms with E-state index in [-0.39, 0.29) is 25.3 Å². The van der Waals surface area contributed by atoms with E-state index in [1.54, 1.807) is 71.1 Å². The van der Waals surface area contributed by atoms with E-state index < -0.39 is 11.9 Å². The van der Waals surface area contributed by atoms with Crippen LogP contribution < -0.4 is 47.4 Å². The van der Waals surface area contributed by atoms with Crippen LogP contribution in [0.15, 0.2) is 54.6 Å². The summed E-state index contributed by atoms with van der Waals surface area (Å²) >= 11 is 0. The van der Waals surface area contributed by atoms with E-state index in [1.165, 1.54) is 5.56 Å². The van der Waals surface area contributed by atoms with Crippen LogP contribution in [0.5, 0.6) is 57.5 Å². The molecule has 16 heteroatoms. The number of methoxy groups -OCH3 is 10. The summed E-state index contributed by atoms with van der Waals surface area (Å²) in [6.07, 6.45) is 5.63. The number of hydrogen-bond acceptors (Lipinski definition) is 14. The second-order valence-corrected chi connectivity index (χ2v) is 18.1. The van der Waals surface area contributed by atoms with Gasteiger partial charge in [0.05, 0.1) is 130 Å². The molecule has 0 N–H and O–H groups in total. The second-order valence-electron chi connectivity index (χ2n) is 18.1. The zero-order valence-corrected chi connectivity index (χ0v) is 43.2. The Kier molecular flexibility index (Phi) is 17.7. The third-order valence-corrected chi connectivity index (χ3v) is 14.0. The fraction of sp³-hybridized carbons (Fsp3) is 0.481. The maximum atomic E-state index is 12.9. The molecule has 0 aliphatic carbocycles. The minimum absolute atomic E-state index is 0.0651. The van der Waals surface area contributed by atoms with Crippen molar-refractivity contribution in [3.8, 4) is 57.5 Å². The van der Waals surface area contributed by atoms with Gasteiger partial charge in [-0.15, -0.1) is 0 Å². The molecule has 0 aromatic heterocycles. The van der Waals surface area contributed by atoms with Gasteiger partial charge in [0.15, 0.2) is 46.0 Å². The average molecular weight is 973 g/mol. The number of rotatable bonds is 23. The molecule has 0 saturated carbocycles. The van der Waals surface area contributed by atoms with Gasteiger partial charge >= 0.3 is 11.9 Å². The predicted octanol–water partition coefficient (Wildman–Crippen LogP) is 7.58. The summed E-state index contributed by atoms with van der Waals surface area (Å²) in [5.74, 6) is 4.76. The van der Waals surface area contributed by atoms with Gasteiger partial charge in [-0.05, 0) is 65.6 Å². The summed E-state index contributed by atoms with van der Waals surface area (Å²) < 4.78 is 70.1. The second kappa shape index (κ2) is 23.4. The first-order valence-corrected chi connectivity index (χ1v) is 23.5. The quantitative estimate of drug-likeness (QED) is 0.0312. The summed E-state index contributed by atoms with van der Waals surface area (Å²) in [6, 6.07) is 14.0.